The number of hydrogen-bond donors (Lipinski definition) is 1. The SMILES string of the molecule is COc1cc(C(=O)NC2CCN(Cc3ccc(F)cc3)CC2)ccc1OCc1cscn1. The number of halogens is 1. The first kappa shape index (κ1) is 22.2. The summed E-state index contributed by atoms with van der Waals surface area (Å²) >= 11 is 1.52. The maximum Gasteiger partial charge on any atom is 0.251 e. The number of likely N-dealkylation sites (tertiary alicyclic amines) is 1. The monoisotopic (exact) mass is 455 g/mol. The van der Waals surface area contributed by atoms with Gasteiger partial charge in [0.15, 0.2) is 11.5 Å². The molecule has 2 aromatic carbocycles. The van der Waals surface area contributed by atoms with Gasteiger partial charge in [-0.2, -0.15) is 0 Å². The lowest BCUT2D eigenvalue weighted by Gasteiger charge is -2.32. The smallest absolute Gasteiger partial charge is 0.251 e. The predicted octanol–water partition coefficient (Wildman–Crippen LogP) is 4.26. The molecule has 4 rings (SSSR count). The summed E-state index contributed by atoms with van der Waals surface area (Å²) in [6.07, 6.45) is 1.75. The standard InChI is InChI=1S/C24H26FN3O3S/c1-30-23-12-18(4-7-22(23)31-14-21-15-32-16-26-21)24(29)27-20-8-10-28(11-9-20)13-17-2-5-19(25)6-3-17/h2-7,12,15-16,20H,8-11,13-14H2,1H3,(H,27,29). The molecule has 1 N–H and O–H groups in total. The third-order valence-electron chi connectivity index (χ3n) is 5.53. The molecule has 1 amide bonds. The van der Waals surface area contributed by atoms with Gasteiger partial charge in [0.05, 0.1) is 18.3 Å². The van der Waals surface area contributed by atoms with Crippen molar-refractivity contribution >= 4 is 17.2 Å². The van der Waals surface area contributed by atoms with Crippen molar-refractivity contribution < 1.29 is 18.7 Å². The summed E-state index contributed by atoms with van der Waals surface area (Å²) in [4.78, 5) is 19.3. The van der Waals surface area contributed by atoms with Crippen LogP contribution >= 0.6 is 11.3 Å². The number of methoxy groups -OCH3 is 1. The Bertz CT molecular complexity index is 1020. The molecule has 0 bridgehead atoms. The first-order valence-corrected chi connectivity index (χ1v) is 11.5. The van der Waals surface area contributed by atoms with E-state index in [-0.39, 0.29) is 17.8 Å². The van der Waals surface area contributed by atoms with Gasteiger partial charge in [-0.15, -0.1) is 11.3 Å². The van der Waals surface area contributed by atoms with Gasteiger partial charge in [-0.25, -0.2) is 9.37 Å². The van der Waals surface area contributed by atoms with Crippen LogP contribution in [-0.4, -0.2) is 42.0 Å². The minimum Gasteiger partial charge on any atom is -0.493 e. The lowest BCUT2D eigenvalue weighted by atomic mass is 10.0. The lowest BCUT2D eigenvalue weighted by molar-refractivity contribution is 0.0908. The Morgan fingerprint density at radius 1 is 1.19 bits per heavy atom. The van der Waals surface area contributed by atoms with E-state index in [2.05, 4.69) is 15.2 Å². The van der Waals surface area contributed by atoms with E-state index < -0.39 is 0 Å². The molecule has 1 saturated heterocycles. The Labute approximate surface area is 191 Å². The second-order valence-corrected chi connectivity index (χ2v) is 8.50. The number of amides is 1. The molecule has 6 nitrogen and oxygen atoms in total. The minimum absolute atomic E-state index is 0.119. The van der Waals surface area contributed by atoms with E-state index in [4.69, 9.17) is 9.47 Å². The van der Waals surface area contributed by atoms with Gasteiger partial charge >= 0.3 is 0 Å². The molecule has 1 aromatic heterocycles. The Balaban J connectivity index is 1.28. The first-order chi connectivity index (χ1) is 15.6. The molecule has 0 unspecified atom stereocenters. The highest BCUT2D eigenvalue weighted by Gasteiger charge is 2.22. The van der Waals surface area contributed by atoms with Crippen molar-refractivity contribution in [2.45, 2.75) is 32.0 Å². The fraction of sp³-hybridized carbons (Fsp3) is 0.333. The molecule has 0 radical (unpaired) electrons. The molecule has 168 valence electrons. The molecular weight excluding hydrogens is 429 g/mol. The fourth-order valence-corrected chi connectivity index (χ4v) is 4.28. The number of piperidine rings is 1. The van der Waals surface area contributed by atoms with Crippen LogP contribution in [0.3, 0.4) is 0 Å². The van der Waals surface area contributed by atoms with E-state index in [0.29, 0.717) is 23.7 Å². The second-order valence-electron chi connectivity index (χ2n) is 7.78. The maximum absolute atomic E-state index is 13.1. The summed E-state index contributed by atoms with van der Waals surface area (Å²) in [5.74, 6) is 0.755. The number of carbonyl (C=O) groups excluding carboxylic acids is 1. The number of thiazole rings is 1. The molecule has 2 heterocycles. The van der Waals surface area contributed by atoms with Gasteiger partial charge in [-0.3, -0.25) is 9.69 Å². The van der Waals surface area contributed by atoms with Crippen LogP contribution in [0, 0.1) is 5.82 Å². The van der Waals surface area contributed by atoms with Crippen LogP contribution in [0.2, 0.25) is 0 Å². The number of rotatable bonds is 8. The zero-order valence-electron chi connectivity index (χ0n) is 17.9. The van der Waals surface area contributed by atoms with E-state index in [1.165, 1.54) is 23.5 Å². The zero-order chi connectivity index (χ0) is 22.3. The van der Waals surface area contributed by atoms with E-state index in [1.54, 1.807) is 30.8 Å². The van der Waals surface area contributed by atoms with E-state index in [0.717, 1.165) is 43.7 Å². The Hall–Kier alpha value is -2.97. The molecular formula is C24H26FN3O3S. The van der Waals surface area contributed by atoms with E-state index in [9.17, 15) is 9.18 Å². The van der Waals surface area contributed by atoms with Crippen molar-refractivity contribution in [3.8, 4) is 11.5 Å². The number of nitrogens with one attached hydrogen (secondary N) is 1. The summed E-state index contributed by atoms with van der Waals surface area (Å²) < 4.78 is 24.3. The van der Waals surface area contributed by atoms with Crippen LogP contribution in [0.25, 0.3) is 0 Å². The lowest BCUT2D eigenvalue weighted by Crippen LogP contribution is -2.44. The van der Waals surface area contributed by atoms with Gasteiger partial charge in [0, 0.05) is 36.6 Å². The minimum atomic E-state index is -0.217. The van der Waals surface area contributed by atoms with Crippen molar-refractivity contribution in [3.63, 3.8) is 0 Å². The topological polar surface area (TPSA) is 63.7 Å². The van der Waals surface area contributed by atoms with Crippen molar-refractivity contribution in [1.29, 1.82) is 0 Å². The Morgan fingerprint density at radius 3 is 2.66 bits per heavy atom. The Morgan fingerprint density at radius 2 is 1.97 bits per heavy atom. The number of aromatic nitrogens is 1. The van der Waals surface area contributed by atoms with Crippen molar-refractivity contribution in [2.24, 2.45) is 0 Å². The largest absolute Gasteiger partial charge is 0.493 e. The summed E-state index contributed by atoms with van der Waals surface area (Å²) in [6, 6.07) is 12.0. The van der Waals surface area contributed by atoms with Crippen LogP contribution in [0.1, 0.15) is 34.5 Å². The van der Waals surface area contributed by atoms with Crippen LogP contribution in [0.15, 0.2) is 53.4 Å². The van der Waals surface area contributed by atoms with Crippen molar-refractivity contribution in [3.05, 3.63) is 76.0 Å². The van der Waals surface area contributed by atoms with Gasteiger partial charge in [0.25, 0.3) is 5.91 Å². The predicted molar refractivity (Wildman–Crippen MR) is 122 cm³/mol. The quantitative estimate of drug-likeness (QED) is 0.550. The third-order valence-corrected chi connectivity index (χ3v) is 6.16. The van der Waals surface area contributed by atoms with Crippen LogP contribution in [-0.2, 0) is 13.2 Å². The molecule has 3 aromatic rings. The summed E-state index contributed by atoms with van der Waals surface area (Å²) in [6.45, 7) is 2.91. The molecule has 32 heavy (non-hydrogen) atoms. The van der Waals surface area contributed by atoms with Crippen LogP contribution in [0.4, 0.5) is 4.39 Å². The van der Waals surface area contributed by atoms with Gasteiger partial charge < -0.3 is 14.8 Å². The van der Waals surface area contributed by atoms with E-state index >= 15 is 0 Å². The molecule has 8 heteroatoms. The molecule has 0 spiro atoms. The van der Waals surface area contributed by atoms with Gasteiger partial charge in [-0.05, 0) is 48.7 Å². The highest BCUT2D eigenvalue weighted by Crippen LogP contribution is 2.29. The molecule has 0 atom stereocenters. The van der Waals surface area contributed by atoms with Crippen LogP contribution in [0.5, 0.6) is 11.5 Å². The maximum atomic E-state index is 13.1. The average molecular weight is 456 g/mol. The molecule has 1 aliphatic heterocycles. The summed E-state index contributed by atoms with van der Waals surface area (Å²) in [7, 11) is 1.56. The molecule has 1 aliphatic rings. The van der Waals surface area contributed by atoms with Crippen molar-refractivity contribution in [1.82, 2.24) is 15.2 Å². The molecule has 0 aliphatic carbocycles. The summed E-state index contributed by atoms with van der Waals surface area (Å²) in [5.41, 5.74) is 4.25. The first-order valence-electron chi connectivity index (χ1n) is 10.6. The number of ether oxygens (including phenoxy) is 2. The number of benzene rings is 2. The van der Waals surface area contributed by atoms with Gasteiger partial charge in [0.2, 0.25) is 0 Å². The van der Waals surface area contributed by atoms with Gasteiger partial charge in [0.1, 0.15) is 12.4 Å². The van der Waals surface area contributed by atoms with Crippen molar-refractivity contribution in [2.75, 3.05) is 20.2 Å². The molecule has 0 saturated carbocycles. The Kier molecular flexibility index (Phi) is 7.34. The number of hydrogen-bond acceptors (Lipinski definition) is 6. The zero-order valence-corrected chi connectivity index (χ0v) is 18.7. The van der Waals surface area contributed by atoms with Gasteiger partial charge in [-0.1, -0.05) is 12.1 Å². The normalized spacial score (nSPS) is 14.8. The number of nitrogens with zero attached hydrogens (tertiary/aromatic N) is 2. The fourth-order valence-electron chi connectivity index (χ4n) is 3.74. The average Bonchev–Trinajstić information content (AvgIpc) is 3.34. The highest BCUT2D eigenvalue weighted by molar-refractivity contribution is 7.07. The van der Waals surface area contributed by atoms with Crippen LogP contribution < -0.4 is 14.8 Å². The molecule has 1 fully saturated rings. The third kappa shape index (κ3) is 5.83. The second kappa shape index (κ2) is 10.6. The number of carbonyl (C=O) groups is 1. The van der Waals surface area contributed by atoms with E-state index in [1.807, 2.05) is 17.5 Å². The summed E-state index contributed by atoms with van der Waals surface area (Å²) in [5, 5.41) is 5.06. The highest BCUT2D eigenvalue weighted by atomic mass is 32.1.